The number of halogens is 2. The van der Waals surface area contributed by atoms with Gasteiger partial charge in [-0.15, -0.1) is 12.4 Å². The standard InChI is InChI=1S/C16H23ClN2O.ClH/c1-16(2)11-19(10-9-14(16)18)15(20)8-5-12-3-6-13(17)7-4-12;/h3-4,6-7,14H,5,8-11,18H2,1-2H3;1H. The molecule has 1 heterocycles. The quantitative estimate of drug-likeness (QED) is 0.924. The summed E-state index contributed by atoms with van der Waals surface area (Å²) in [5, 5.41) is 0.729. The van der Waals surface area contributed by atoms with E-state index in [4.69, 9.17) is 17.3 Å². The van der Waals surface area contributed by atoms with Gasteiger partial charge >= 0.3 is 0 Å². The van der Waals surface area contributed by atoms with Crippen molar-refractivity contribution in [3.8, 4) is 0 Å². The minimum absolute atomic E-state index is 0. The van der Waals surface area contributed by atoms with Gasteiger partial charge in [0.05, 0.1) is 0 Å². The molecule has 21 heavy (non-hydrogen) atoms. The van der Waals surface area contributed by atoms with E-state index in [1.54, 1.807) is 0 Å². The van der Waals surface area contributed by atoms with Gasteiger partial charge < -0.3 is 10.6 Å². The number of hydrogen-bond donors (Lipinski definition) is 1. The van der Waals surface area contributed by atoms with Gasteiger partial charge in [0.2, 0.25) is 5.91 Å². The van der Waals surface area contributed by atoms with Crippen LogP contribution >= 0.6 is 24.0 Å². The van der Waals surface area contributed by atoms with Crippen molar-refractivity contribution in [3.05, 3.63) is 34.9 Å². The number of carbonyl (C=O) groups is 1. The largest absolute Gasteiger partial charge is 0.342 e. The van der Waals surface area contributed by atoms with Gasteiger partial charge in [-0.25, -0.2) is 0 Å². The molecule has 1 unspecified atom stereocenters. The molecule has 1 saturated heterocycles. The fourth-order valence-corrected chi connectivity index (χ4v) is 2.77. The van der Waals surface area contributed by atoms with E-state index in [1.807, 2.05) is 29.2 Å². The molecule has 2 rings (SSSR count). The lowest BCUT2D eigenvalue weighted by molar-refractivity contribution is -0.134. The molecular formula is C16H24Cl2N2O. The third-order valence-corrected chi connectivity index (χ3v) is 4.46. The smallest absolute Gasteiger partial charge is 0.222 e. The first-order chi connectivity index (χ1) is 9.38. The zero-order valence-electron chi connectivity index (χ0n) is 12.6. The van der Waals surface area contributed by atoms with Gasteiger partial charge in [-0.2, -0.15) is 0 Å². The topological polar surface area (TPSA) is 46.3 Å². The zero-order valence-corrected chi connectivity index (χ0v) is 14.2. The Kier molecular flexibility index (Phi) is 6.51. The summed E-state index contributed by atoms with van der Waals surface area (Å²) in [5.74, 6) is 0.222. The molecule has 1 aromatic rings. The zero-order chi connectivity index (χ0) is 14.8. The maximum Gasteiger partial charge on any atom is 0.222 e. The van der Waals surface area contributed by atoms with Gasteiger partial charge in [-0.05, 0) is 36.0 Å². The first-order valence-electron chi connectivity index (χ1n) is 7.16. The molecule has 0 bridgehead atoms. The highest BCUT2D eigenvalue weighted by atomic mass is 35.5. The van der Waals surface area contributed by atoms with E-state index >= 15 is 0 Å². The Labute approximate surface area is 138 Å². The molecule has 0 saturated carbocycles. The summed E-state index contributed by atoms with van der Waals surface area (Å²) in [6.07, 6.45) is 2.20. The van der Waals surface area contributed by atoms with Crippen LogP contribution in [0.2, 0.25) is 5.02 Å². The van der Waals surface area contributed by atoms with Gasteiger partial charge in [0.1, 0.15) is 0 Å². The molecule has 0 aliphatic carbocycles. The lowest BCUT2D eigenvalue weighted by Gasteiger charge is -2.42. The van der Waals surface area contributed by atoms with E-state index in [9.17, 15) is 4.79 Å². The minimum atomic E-state index is 0. The van der Waals surface area contributed by atoms with Gasteiger partial charge in [-0.1, -0.05) is 37.6 Å². The maximum absolute atomic E-state index is 12.3. The van der Waals surface area contributed by atoms with Crippen molar-refractivity contribution in [2.45, 2.75) is 39.2 Å². The number of nitrogens with two attached hydrogens (primary N) is 1. The Bertz CT molecular complexity index is 474. The normalized spacial score (nSPS) is 20.8. The van der Waals surface area contributed by atoms with Crippen molar-refractivity contribution in [2.24, 2.45) is 11.1 Å². The second kappa shape index (κ2) is 7.48. The number of amides is 1. The van der Waals surface area contributed by atoms with E-state index < -0.39 is 0 Å². The first-order valence-corrected chi connectivity index (χ1v) is 7.54. The summed E-state index contributed by atoms with van der Waals surface area (Å²) < 4.78 is 0. The van der Waals surface area contributed by atoms with Crippen LogP contribution in [0.25, 0.3) is 0 Å². The summed E-state index contributed by atoms with van der Waals surface area (Å²) in [7, 11) is 0. The number of benzene rings is 1. The van der Waals surface area contributed by atoms with E-state index in [0.717, 1.165) is 36.5 Å². The number of aryl methyl sites for hydroxylation is 1. The SMILES string of the molecule is CC1(C)CN(C(=O)CCc2ccc(Cl)cc2)CCC1N.Cl. The number of likely N-dealkylation sites (tertiary alicyclic amines) is 1. The highest BCUT2D eigenvalue weighted by Gasteiger charge is 2.34. The maximum atomic E-state index is 12.3. The fourth-order valence-electron chi connectivity index (χ4n) is 2.65. The van der Waals surface area contributed by atoms with Crippen LogP contribution in [0.3, 0.4) is 0 Å². The molecule has 0 spiro atoms. The molecule has 3 nitrogen and oxygen atoms in total. The molecular weight excluding hydrogens is 307 g/mol. The highest BCUT2D eigenvalue weighted by molar-refractivity contribution is 6.30. The van der Waals surface area contributed by atoms with Crippen LogP contribution < -0.4 is 5.73 Å². The summed E-state index contributed by atoms with van der Waals surface area (Å²) in [4.78, 5) is 14.2. The number of nitrogens with zero attached hydrogens (tertiary/aromatic N) is 1. The summed E-state index contributed by atoms with van der Waals surface area (Å²) >= 11 is 5.85. The molecule has 118 valence electrons. The number of piperidine rings is 1. The Morgan fingerprint density at radius 3 is 2.57 bits per heavy atom. The molecule has 1 fully saturated rings. The van der Waals surface area contributed by atoms with Crippen LogP contribution in [-0.4, -0.2) is 29.9 Å². The minimum Gasteiger partial charge on any atom is -0.342 e. The van der Waals surface area contributed by atoms with Crippen molar-refractivity contribution in [3.63, 3.8) is 0 Å². The van der Waals surface area contributed by atoms with Crippen molar-refractivity contribution in [2.75, 3.05) is 13.1 Å². The molecule has 2 N–H and O–H groups in total. The highest BCUT2D eigenvalue weighted by Crippen LogP contribution is 2.28. The van der Waals surface area contributed by atoms with Crippen LogP contribution in [0, 0.1) is 5.41 Å². The van der Waals surface area contributed by atoms with Gasteiger partial charge in [0.15, 0.2) is 0 Å². The van der Waals surface area contributed by atoms with E-state index in [0.29, 0.717) is 6.42 Å². The van der Waals surface area contributed by atoms with Crippen molar-refractivity contribution in [1.82, 2.24) is 4.90 Å². The molecule has 0 radical (unpaired) electrons. The monoisotopic (exact) mass is 330 g/mol. The molecule has 0 aromatic heterocycles. The molecule has 1 amide bonds. The Morgan fingerprint density at radius 2 is 2.00 bits per heavy atom. The van der Waals surface area contributed by atoms with Gasteiger partial charge in [-0.3, -0.25) is 4.79 Å². The van der Waals surface area contributed by atoms with E-state index in [1.165, 1.54) is 0 Å². The van der Waals surface area contributed by atoms with Crippen LogP contribution in [0.1, 0.15) is 32.3 Å². The first kappa shape index (κ1) is 18.3. The second-order valence-electron chi connectivity index (χ2n) is 6.33. The summed E-state index contributed by atoms with van der Waals surface area (Å²) in [6.45, 7) is 5.81. The number of rotatable bonds is 3. The number of carbonyl (C=O) groups excluding carboxylic acids is 1. The third kappa shape index (κ3) is 4.87. The Balaban J connectivity index is 0.00000220. The third-order valence-electron chi connectivity index (χ3n) is 4.21. The number of hydrogen-bond acceptors (Lipinski definition) is 2. The fraction of sp³-hybridized carbons (Fsp3) is 0.562. The van der Waals surface area contributed by atoms with Crippen LogP contribution in [0.4, 0.5) is 0 Å². The summed E-state index contributed by atoms with van der Waals surface area (Å²) in [5.41, 5.74) is 7.26. The molecule has 1 atom stereocenters. The average molecular weight is 331 g/mol. The molecule has 1 aromatic carbocycles. The van der Waals surface area contributed by atoms with Gasteiger partial charge in [0.25, 0.3) is 0 Å². The van der Waals surface area contributed by atoms with E-state index in [-0.39, 0.29) is 29.8 Å². The Hall–Kier alpha value is -0.770. The molecule has 5 heteroatoms. The lowest BCUT2D eigenvalue weighted by Crippen LogP contribution is -2.54. The lowest BCUT2D eigenvalue weighted by atomic mass is 9.79. The van der Waals surface area contributed by atoms with Crippen molar-refractivity contribution in [1.29, 1.82) is 0 Å². The van der Waals surface area contributed by atoms with Crippen molar-refractivity contribution < 1.29 is 4.79 Å². The Morgan fingerprint density at radius 1 is 1.38 bits per heavy atom. The van der Waals surface area contributed by atoms with Crippen LogP contribution in [-0.2, 0) is 11.2 Å². The molecule has 1 aliphatic rings. The van der Waals surface area contributed by atoms with Crippen LogP contribution in [0.5, 0.6) is 0 Å². The second-order valence-corrected chi connectivity index (χ2v) is 6.76. The van der Waals surface area contributed by atoms with Crippen molar-refractivity contribution >= 4 is 29.9 Å². The van der Waals surface area contributed by atoms with E-state index in [2.05, 4.69) is 13.8 Å². The van der Waals surface area contributed by atoms with Crippen LogP contribution in [0.15, 0.2) is 24.3 Å². The predicted octanol–water partition coefficient (Wildman–Crippen LogP) is 3.28. The average Bonchev–Trinajstić information content (AvgIpc) is 2.41. The summed E-state index contributed by atoms with van der Waals surface area (Å²) in [6, 6.07) is 7.87. The van der Waals surface area contributed by atoms with Gasteiger partial charge in [0, 0.05) is 30.6 Å². The molecule has 1 aliphatic heterocycles. The predicted molar refractivity (Wildman–Crippen MR) is 90.0 cm³/mol.